The van der Waals surface area contributed by atoms with Gasteiger partial charge in [-0.25, -0.2) is 0 Å². The summed E-state index contributed by atoms with van der Waals surface area (Å²) in [6.07, 6.45) is 0.997. The number of rotatable bonds is 6. The van der Waals surface area contributed by atoms with Crippen molar-refractivity contribution in [2.75, 3.05) is 7.11 Å². The van der Waals surface area contributed by atoms with Gasteiger partial charge >= 0.3 is 7.12 Å². The molecule has 0 atom stereocenters. The Morgan fingerprint density at radius 3 is 2.24 bits per heavy atom. The summed E-state index contributed by atoms with van der Waals surface area (Å²) in [7, 11) is -0.0733. The summed E-state index contributed by atoms with van der Waals surface area (Å²) in [6, 6.07) is 13.1. The minimum absolute atomic E-state index is 0.333. The minimum Gasteiger partial charge on any atom is -0.497 e. The van der Waals surface area contributed by atoms with Crippen LogP contribution < -0.4 is 14.9 Å². The van der Waals surface area contributed by atoms with E-state index < -0.39 is 7.12 Å². The Bertz CT molecular complexity index is 581. The van der Waals surface area contributed by atoms with Gasteiger partial charge in [0, 0.05) is 5.46 Å². The Labute approximate surface area is 125 Å². The van der Waals surface area contributed by atoms with E-state index in [2.05, 4.69) is 6.92 Å². The first-order valence-corrected chi connectivity index (χ1v) is 6.88. The van der Waals surface area contributed by atoms with Crippen molar-refractivity contribution in [2.45, 2.75) is 20.0 Å². The van der Waals surface area contributed by atoms with Gasteiger partial charge in [-0.2, -0.15) is 0 Å². The minimum atomic E-state index is -1.57. The standard InChI is InChI=1S/C16H19BO4/c1-3-12-4-7-14(8-5-12)21-11-13-6-9-16(20-2)15(10-13)17(18)19/h4-10,18-19H,3,11H2,1-2H3. The van der Waals surface area contributed by atoms with Crippen LogP contribution in [-0.2, 0) is 13.0 Å². The van der Waals surface area contributed by atoms with Crippen molar-refractivity contribution in [3.63, 3.8) is 0 Å². The second-order valence-corrected chi connectivity index (χ2v) is 4.74. The topological polar surface area (TPSA) is 58.9 Å². The number of methoxy groups -OCH3 is 1. The molecule has 0 saturated carbocycles. The molecule has 110 valence electrons. The molecule has 0 radical (unpaired) electrons. The molecule has 0 bridgehead atoms. The van der Waals surface area contributed by atoms with Gasteiger partial charge < -0.3 is 19.5 Å². The highest BCUT2D eigenvalue weighted by molar-refractivity contribution is 6.59. The van der Waals surface area contributed by atoms with Crippen LogP contribution in [0.2, 0.25) is 0 Å². The van der Waals surface area contributed by atoms with Gasteiger partial charge in [0.25, 0.3) is 0 Å². The molecule has 21 heavy (non-hydrogen) atoms. The highest BCUT2D eigenvalue weighted by Crippen LogP contribution is 2.16. The molecule has 2 rings (SSSR count). The lowest BCUT2D eigenvalue weighted by Crippen LogP contribution is -2.31. The van der Waals surface area contributed by atoms with Gasteiger partial charge in [0.15, 0.2) is 0 Å². The lowest BCUT2D eigenvalue weighted by Gasteiger charge is -2.11. The fraction of sp³-hybridized carbons (Fsp3) is 0.250. The Morgan fingerprint density at radius 2 is 1.67 bits per heavy atom. The molecule has 0 fully saturated rings. The van der Waals surface area contributed by atoms with Crippen LogP contribution in [0.5, 0.6) is 11.5 Å². The van der Waals surface area contributed by atoms with Crippen LogP contribution in [0.1, 0.15) is 18.1 Å². The van der Waals surface area contributed by atoms with Gasteiger partial charge in [0.05, 0.1) is 7.11 Å². The third-order valence-electron chi connectivity index (χ3n) is 3.31. The number of aryl methyl sites for hydroxylation is 1. The Balaban J connectivity index is 2.07. The normalized spacial score (nSPS) is 10.3. The molecule has 0 aliphatic carbocycles. The number of hydrogen-bond acceptors (Lipinski definition) is 4. The fourth-order valence-electron chi connectivity index (χ4n) is 2.06. The summed E-state index contributed by atoms with van der Waals surface area (Å²) in [5, 5.41) is 18.7. The predicted molar refractivity (Wildman–Crippen MR) is 83.0 cm³/mol. The third kappa shape index (κ3) is 4.00. The molecule has 2 aromatic rings. The fourth-order valence-corrected chi connectivity index (χ4v) is 2.06. The van der Waals surface area contributed by atoms with Crippen molar-refractivity contribution < 1.29 is 19.5 Å². The average molecular weight is 286 g/mol. The molecular weight excluding hydrogens is 267 g/mol. The first-order valence-electron chi connectivity index (χ1n) is 6.88. The van der Waals surface area contributed by atoms with Gasteiger partial charge in [-0.3, -0.25) is 0 Å². The first kappa shape index (κ1) is 15.4. The van der Waals surface area contributed by atoms with Crippen molar-refractivity contribution in [1.82, 2.24) is 0 Å². The molecule has 0 spiro atoms. The molecular formula is C16H19BO4. The van der Waals surface area contributed by atoms with Crippen molar-refractivity contribution >= 4 is 12.6 Å². The molecule has 0 aliphatic rings. The molecule has 4 nitrogen and oxygen atoms in total. The lowest BCUT2D eigenvalue weighted by molar-refractivity contribution is 0.306. The number of hydrogen-bond donors (Lipinski definition) is 2. The smallest absolute Gasteiger partial charge is 0.492 e. The van der Waals surface area contributed by atoms with E-state index in [0.717, 1.165) is 17.7 Å². The van der Waals surface area contributed by atoms with Crippen LogP contribution >= 0.6 is 0 Å². The highest BCUT2D eigenvalue weighted by atomic mass is 16.5. The van der Waals surface area contributed by atoms with Crippen LogP contribution in [0.25, 0.3) is 0 Å². The first-order chi connectivity index (χ1) is 10.1. The van der Waals surface area contributed by atoms with Crippen molar-refractivity contribution in [3.8, 4) is 11.5 Å². The average Bonchev–Trinajstić information content (AvgIpc) is 2.53. The zero-order valence-electron chi connectivity index (χ0n) is 12.2. The van der Waals surface area contributed by atoms with E-state index in [1.165, 1.54) is 12.7 Å². The van der Waals surface area contributed by atoms with Crippen molar-refractivity contribution in [3.05, 3.63) is 53.6 Å². The molecule has 0 heterocycles. The maximum atomic E-state index is 9.34. The lowest BCUT2D eigenvalue weighted by atomic mass is 9.79. The van der Waals surface area contributed by atoms with E-state index in [0.29, 0.717) is 17.8 Å². The summed E-state index contributed by atoms with van der Waals surface area (Å²) < 4.78 is 10.8. The summed E-state index contributed by atoms with van der Waals surface area (Å²) in [5.74, 6) is 1.23. The monoisotopic (exact) mass is 286 g/mol. The molecule has 0 aliphatic heterocycles. The molecule has 0 aromatic heterocycles. The molecule has 0 amide bonds. The van der Waals surface area contributed by atoms with E-state index in [-0.39, 0.29) is 0 Å². The van der Waals surface area contributed by atoms with Crippen LogP contribution in [0.3, 0.4) is 0 Å². The zero-order valence-corrected chi connectivity index (χ0v) is 12.2. The summed E-state index contributed by atoms with van der Waals surface area (Å²) in [6.45, 7) is 2.46. The number of benzene rings is 2. The molecule has 5 heteroatoms. The molecule has 0 saturated heterocycles. The van der Waals surface area contributed by atoms with E-state index in [9.17, 15) is 10.0 Å². The molecule has 2 aromatic carbocycles. The SMILES string of the molecule is CCc1ccc(OCc2ccc(OC)c(B(O)O)c2)cc1. The van der Waals surface area contributed by atoms with E-state index in [1.807, 2.05) is 30.3 Å². The summed E-state index contributed by atoms with van der Waals surface area (Å²) in [4.78, 5) is 0. The van der Waals surface area contributed by atoms with Crippen molar-refractivity contribution in [2.24, 2.45) is 0 Å². The zero-order chi connectivity index (χ0) is 15.2. The Morgan fingerprint density at radius 1 is 1.00 bits per heavy atom. The highest BCUT2D eigenvalue weighted by Gasteiger charge is 2.17. The molecule has 2 N–H and O–H groups in total. The Kier molecular flexibility index (Phi) is 5.25. The largest absolute Gasteiger partial charge is 0.497 e. The van der Waals surface area contributed by atoms with Crippen LogP contribution in [0.15, 0.2) is 42.5 Å². The summed E-state index contributed by atoms with van der Waals surface area (Å²) in [5.41, 5.74) is 2.44. The predicted octanol–water partition coefficient (Wildman–Crippen LogP) is 1.52. The van der Waals surface area contributed by atoms with Crippen LogP contribution in [-0.4, -0.2) is 24.3 Å². The molecule has 0 unspecified atom stereocenters. The van der Waals surface area contributed by atoms with Crippen LogP contribution in [0, 0.1) is 0 Å². The third-order valence-corrected chi connectivity index (χ3v) is 3.31. The van der Waals surface area contributed by atoms with E-state index >= 15 is 0 Å². The van der Waals surface area contributed by atoms with Crippen LogP contribution in [0.4, 0.5) is 0 Å². The van der Waals surface area contributed by atoms with Gasteiger partial charge in [-0.05, 0) is 35.7 Å². The number of ether oxygens (including phenoxy) is 2. The van der Waals surface area contributed by atoms with E-state index in [4.69, 9.17) is 9.47 Å². The van der Waals surface area contributed by atoms with Gasteiger partial charge in [-0.1, -0.05) is 31.2 Å². The quantitative estimate of drug-likeness (QED) is 0.790. The van der Waals surface area contributed by atoms with Crippen molar-refractivity contribution in [1.29, 1.82) is 0 Å². The van der Waals surface area contributed by atoms with Gasteiger partial charge in [-0.15, -0.1) is 0 Å². The van der Waals surface area contributed by atoms with Gasteiger partial charge in [0.1, 0.15) is 18.1 Å². The second kappa shape index (κ2) is 7.15. The maximum absolute atomic E-state index is 9.34. The van der Waals surface area contributed by atoms with E-state index in [1.54, 1.807) is 12.1 Å². The maximum Gasteiger partial charge on any atom is 0.492 e. The Hall–Kier alpha value is -1.98. The van der Waals surface area contributed by atoms with Gasteiger partial charge in [0.2, 0.25) is 0 Å². The second-order valence-electron chi connectivity index (χ2n) is 4.74. The summed E-state index contributed by atoms with van der Waals surface area (Å²) >= 11 is 0.